The third-order valence-corrected chi connectivity index (χ3v) is 2.30. The fourth-order valence-corrected chi connectivity index (χ4v) is 1.63. The molecule has 0 spiro atoms. The minimum Gasteiger partial charge on any atom is -0.409 e. The molecular weight excluding hydrogens is 194 g/mol. The average Bonchev–Trinajstić information content (AvgIpc) is 2.10. The Morgan fingerprint density at radius 3 is 2.40 bits per heavy atom. The van der Waals surface area contributed by atoms with Gasteiger partial charge in [-0.25, -0.2) is 0 Å². The summed E-state index contributed by atoms with van der Waals surface area (Å²) < 4.78 is 0. The van der Waals surface area contributed by atoms with Crippen LogP contribution < -0.4 is 5.73 Å². The van der Waals surface area contributed by atoms with Gasteiger partial charge in [0.1, 0.15) is 5.84 Å². The second kappa shape index (κ2) is 5.92. The van der Waals surface area contributed by atoms with Crippen LogP contribution in [0.15, 0.2) is 5.16 Å². The van der Waals surface area contributed by atoms with Crippen molar-refractivity contribution in [3.63, 3.8) is 0 Å². The average molecular weight is 217 g/mol. The lowest BCUT2D eigenvalue weighted by molar-refractivity contribution is 0.0314. The SMILES string of the molecule is CCC(CC(N)=NO)N(C)CC(C)(C)O. The van der Waals surface area contributed by atoms with Crippen LogP contribution in [0.1, 0.15) is 33.6 Å². The van der Waals surface area contributed by atoms with E-state index in [-0.39, 0.29) is 11.9 Å². The maximum atomic E-state index is 9.67. The van der Waals surface area contributed by atoms with E-state index in [0.717, 1.165) is 6.42 Å². The first-order chi connectivity index (χ1) is 6.80. The molecular formula is C10H23N3O2. The van der Waals surface area contributed by atoms with E-state index in [2.05, 4.69) is 5.16 Å². The number of oxime groups is 1. The number of hydrogen-bond donors (Lipinski definition) is 3. The van der Waals surface area contributed by atoms with E-state index in [1.807, 2.05) is 18.9 Å². The van der Waals surface area contributed by atoms with Crippen molar-refractivity contribution >= 4 is 5.84 Å². The van der Waals surface area contributed by atoms with Gasteiger partial charge in [0, 0.05) is 19.0 Å². The van der Waals surface area contributed by atoms with Gasteiger partial charge in [0.05, 0.1) is 5.60 Å². The standard InChI is InChI=1S/C10H23N3O2/c1-5-8(6-9(11)12-15)13(4)7-10(2,3)14/h8,14-15H,5-7H2,1-4H3,(H2,11,12). The first-order valence-electron chi connectivity index (χ1n) is 5.19. The lowest BCUT2D eigenvalue weighted by Crippen LogP contribution is -2.43. The molecule has 0 aliphatic carbocycles. The van der Waals surface area contributed by atoms with Gasteiger partial charge in [-0.1, -0.05) is 12.1 Å². The van der Waals surface area contributed by atoms with Crippen LogP contribution in [0.4, 0.5) is 0 Å². The van der Waals surface area contributed by atoms with Gasteiger partial charge in [0.15, 0.2) is 0 Å². The van der Waals surface area contributed by atoms with Gasteiger partial charge in [0.25, 0.3) is 0 Å². The molecule has 0 rings (SSSR count). The van der Waals surface area contributed by atoms with E-state index in [4.69, 9.17) is 10.9 Å². The lowest BCUT2D eigenvalue weighted by Gasteiger charge is -2.31. The molecule has 0 saturated heterocycles. The van der Waals surface area contributed by atoms with Crippen LogP contribution in [0.25, 0.3) is 0 Å². The number of amidine groups is 1. The molecule has 90 valence electrons. The molecule has 0 aromatic heterocycles. The predicted octanol–water partition coefficient (Wildman–Crippen LogP) is 0.604. The zero-order valence-electron chi connectivity index (χ0n) is 10.1. The summed E-state index contributed by atoms with van der Waals surface area (Å²) in [6.45, 7) is 6.12. The molecule has 0 aliphatic heterocycles. The fourth-order valence-electron chi connectivity index (χ4n) is 1.63. The van der Waals surface area contributed by atoms with Crippen molar-refractivity contribution in [3.8, 4) is 0 Å². The number of rotatable bonds is 6. The van der Waals surface area contributed by atoms with E-state index in [1.54, 1.807) is 13.8 Å². The molecule has 0 radical (unpaired) electrons. The summed E-state index contributed by atoms with van der Waals surface area (Å²) >= 11 is 0. The summed E-state index contributed by atoms with van der Waals surface area (Å²) in [5, 5.41) is 21.1. The summed E-state index contributed by atoms with van der Waals surface area (Å²) in [7, 11) is 1.93. The first kappa shape index (κ1) is 14.2. The van der Waals surface area contributed by atoms with Crippen molar-refractivity contribution in [2.45, 2.75) is 45.3 Å². The molecule has 0 amide bonds. The molecule has 0 fully saturated rings. The summed E-state index contributed by atoms with van der Waals surface area (Å²) in [4.78, 5) is 2.03. The van der Waals surface area contributed by atoms with Gasteiger partial charge in [-0.15, -0.1) is 0 Å². The van der Waals surface area contributed by atoms with Crippen LogP contribution in [-0.4, -0.2) is 46.3 Å². The molecule has 0 aromatic carbocycles. The van der Waals surface area contributed by atoms with Gasteiger partial charge in [0.2, 0.25) is 0 Å². The zero-order chi connectivity index (χ0) is 12.1. The molecule has 1 atom stereocenters. The number of nitrogens with two attached hydrogens (primary N) is 1. The molecule has 0 aliphatic rings. The highest BCUT2D eigenvalue weighted by atomic mass is 16.4. The number of likely N-dealkylation sites (N-methyl/N-ethyl adjacent to an activating group) is 1. The van der Waals surface area contributed by atoms with Gasteiger partial charge >= 0.3 is 0 Å². The topological polar surface area (TPSA) is 82.1 Å². The van der Waals surface area contributed by atoms with E-state index < -0.39 is 5.60 Å². The molecule has 0 aromatic rings. The normalized spacial score (nSPS) is 15.7. The summed E-state index contributed by atoms with van der Waals surface area (Å²) in [5.74, 6) is 0.226. The summed E-state index contributed by atoms with van der Waals surface area (Å²) in [5.41, 5.74) is 4.73. The monoisotopic (exact) mass is 217 g/mol. The second-order valence-electron chi connectivity index (χ2n) is 4.59. The van der Waals surface area contributed by atoms with Crippen LogP contribution in [0.3, 0.4) is 0 Å². The van der Waals surface area contributed by atoms with E-state index >= 15 is 0 Å². The molecule has 5 heteroatoms. The Kier molecular flexibility index (Phi) is 5.60. The molecule has 0 saturated carbocycles. The Morgan fingerprint density at radius 2 is 2.07 bits per heavy atom. The van der Waals surface area contributed by atoms with Crippen LogP contribution in [0, 0.1) is 0 Å². The van der Waals surface area contributed by atoms with Crippen LogP contribution >= 0.6 is 0 Å². The third-order valence-electron chi connectivity index (χ3n) is 2.30. The minimum absolute atomic E-state index is 0.187. The molecule has 15 heavy (non-hydrogen) atoms. The molecule has 4 N–H and O–H groups in total. The third kappa shape index (κ3) is 6.30. The fraction of sp³-hybridized carbons (Fsp3) is 0.900. The van der Waals surface area contributed by atoms with Crippen LogP contribution in [0.2, 0.25) is 0 Å². The Hall–Kier alpha value is -0.810. The highest BCUT2D eigenvalue weighted by Crippen LogP contribution is 2.11. The predicted molar refractivity (Wildman–Crippen MR) is 61.0 cm³/mol. The summed E-state index contributed by atoms with van der Waals surface area (Å²) in [6, 6.07) is 0.187. The highest BCUT2D eigenvalue weighted by Gasteiger charge is 2.21. The Bertz CT molecular complexity index is 211. The zero-order valence-corrected chi connectivity index (χ0v) is 10.1. The Morgan fingerprint density at radius 1 is 1.53 bits per heavy atom. The van der Waals surface area contributed by atoms with Crippen molar-refractivity contribution in [1.29, 1.82) is 0 Å². The largest absolute Gasteiger partial charge is 0.409 e. The minimum atomic E-state index is -0.729. The Labute approximate surface area is 91.6 Å². The van der Waals surface area contributed by atoms with Gasteiger partial charge in [-0.05, 0) is 27.3 Å². The summed E-state index contributed by atoms with van der Waals surface area (Å²) in [6.07, 6.45) is 1.41. The molecule has 0 bridgehead atoms. The van der Waals surface area contributed by atoms with Gasteiger partial charge < -0.3 is 20.9 Å². The van der Waals surface area contributed by atoms with E-state index in [0.29, 0.717) is 13.0 Å². The Balaban J connectivity index is 4.28. The van der Waals surface area contributed by atoms with Crippen molar-refractivity contribution in [1.82, 2.24) is 4.90 Å². The van der Waals surface area contributed by atoms with Gasteiger partial charge in [-0.2, -0.15) is 0 Å². The maximum absolute atomic E-state index is 9.67. The van der Waals surface area contributed by atoms with Crippen LogP contribution in [0.5, 0.6) is 0 Å². The van der Waals surface area contributed by atoms with Crippen molar-refractivity contribution < 1.29 is 10.3 Å². The molecule has 5 nitrogen and oxygen atoms in total. The maximum Gasteiger partial charge on any atom is 0.140 e. The molecule has 0 heterocycles. The van der Waals surface area contributed by atoms with Crippen molar-refractivity contribution in [2.75, 3.05) is 13.6 Å². The van der Waals surface area contributed by atoms with Gasteiger partial charge in [-0.3, -0.25) is 0 Å². The first-order valence-corrected chi connectivity index (χ1v) is 5.19. The van der Waals surface area contributed by atoms with Crippen molar-refractivity contribution in [2.24, 2.45) is 10.9 Å². The van der Waals surface area contributed by atoms with E-state index in [1.165, 1.54) is 0 Å². The number of aliphatic hydroxyl groups is 1. The highest BCUT2D eigenvalue weighted by molar-refractivity contribution is 5.80. The molecule has 1 unspecified atom stereocenters. The number of hydrogen-bond acceptors (Lipinski definition) is 4. The number of nitrogens with zero attached hydrogens (tertiary/aromatic N) is 2. The van der Waals surface area contributed by atoms with E-state index in [9.17, 15) is 5.11 Å². The second-order valence-corrected chi connectivity index (χ2v) is 4.59. The smallest absolute Gasteiger partial charge is 0.140 e. The lowest BCUT2D eigenvalue weighted by atomic mass is 10.1. The van der Waals surface area contributed by atoms with Crippen LogP contribution in [-0.2, 0) is 0 Å². The van der Waals surface area contributed by atoms with Crippen molar-refractivity contribution in [3.05, 3.63) is 0 Å². The quantitative estimate of drug-likeness (QED) is 0.263.